The van der Waals surface area contributed by atoms with Gasteiger partial charge in [-0.3, -0.25) is 0 Å². The molecule has 2 heterocycles. The van der Waals surface area contributed by atoms with E-state index in [0.717, 1.165) is 23.5 Å². The van der Waals surface area contributed by atoms with Gasteiger partial charge in [0.1, 0.15) is 11.4 Å². The van der Waals surface area contributed by atoms with Crippen molar-refractivity contribution in [3.8, 4) is 5.75 Å². The van der Waals surface area contributed by atoms with Crippen molar-refractivity contribution < 1.29 is 27.4 Å². The van der Waals surface area contributed by atoms with E-state index in [-0.39, 0.29) is 17.2 Å². The number of ether oxygens (including phenoxy) is 2. The summed E-state index contributed by atoms with van der Waals surface area (Å²) in [6.07, 6.45) is -2.84. The van der Waals surface area contributed by atoms with Gasteiger partial charge >= 0.3 is 12.1 Å². The summed E-state index contributed by atoms with van der Waals surface area (Å²) in [5, 5.41) is 0.611. The number of carbonyl (C=O) groups is 1. The lowest BCUT2D eigenvalue weighted by atomic mass is 10.1. The summed E-state index contributed by atoms with van der Waals surface area (Å²) in [6, 6.07) is 8.27. The number of pyridine rings is 1. The van der Waals surface area contributed by atoms with Crippen LogP contribution in [0.15, 0.2) is 42.6 Å². The summed E-state index contributed by atoms with van der Waals surface area (Å²) in [4.78, 5) is 16.9. The highest BCUT2D eigenvalue weighted by molar-refractivity contribution is 7.20. The van der Waals surface area contributed by atoms with Gasteiger partial charge in [0.2, 0.25) is 0 Å². The van der Waals surface area contributed by atoms with Crippen molar-refractivity contribution in [2.75, 3.05) is 7.11 Å². The number of rotatable bonds is 4. The molecule has 0 saturated carbocycles. The van der Waals surface area contributed by atoms with Crippen LogP contribution in [0.2, 0.25) is 0 Å². The first-order chi connectivity index (χ1) is 11.9. The molecule has 0 amide bonds. The number of benzene rings is 1. The van der Waals surface area contributed by atoms with Crippen LogP contribution in [-0.4, -0.2) is 18.1 Å². The molecular weight excluding hydrogens is 355 g/mol. The molecule has 0 N–H and O–H groups in total. The fourth-order valence-electron chi connectivity index (χ4n) is 2.27. The molecule has 0 aliphatic rings. The number of halogens is 3. The van der Waals surface area contributed by atoms with Gasteiger partial charge in [0.25, 0.3) is 0 Å². The number of hydrogen-bond donors (Lipinski definition) is 0. The summed E-state index contributed by atoms with van der Waals surface area (Å²) in [5.74, 6) is -0.320. The van der Waals surface area contributed by atoms with E-state index < -0.39 is 17.7 Å². The minimum Gasteiger partial charge on any atom is -0.486 e. The third-order valence-electron chi connectivity index (χ3n) is 3.43. The third-order valence-corrected chi connectivity index (χ3v) is 4.50. The number of nitrogens with zero attached hydrogens (tertiary/aromatic N) is 1. The average molecular weight is 367 g/mol. The number of methoxy groups -OCH3 is 1. The lowest BCUT2D eigenvalue weighted by Gasteiger charge is -2.10. The normalized spacial score (nSPS) is 11.5. The van der Waals surface area contributed by atoms with Crippen molar-refractivity contribution in [1.29, 1.82) is 0 Å². The largest absolute Gasteiger partial charge is 0.486 e. The van der Waals surface area contributed by atoms with Crippen LogP contribution in [0.1, 0.15) is 20.8 Å². The van der Waals surface area contributed by atoms with Gasteiger partial charge in [0, 0.05) is 6.20 Å². The maximum atomic E-state index is 12.8. The van der Waals surface area contributed by atoms with E-state index in [2.05, 4.69) is 4.98 Å². The molecule has 3 aromatic rings. The zero-order valence-corrected chi connectivity index (χ0v) is 13.8. The van der Waals surface area contributed by atoms with Crippen LogP contribution in [0.5, 0.6) is 5.75 Å². The Bertz CT molecular complexity index is 921. The van der Waals surface area contributed by atoms with Crippen LogP contribution in [0.4, 0.5) is 13.2 Å². The second kappa shape index (κ2) is 6.72. The Hall–Kier alpha value is -2.61. The van der Waals surface area contributed by atoms with Gasteiger partial charge < -0.3 is 9.47 Å². The monoisotopic (exact) mass is 367 g/mol. The van der Waals surface area contributed by atoms with Crippen LogP contribution in [-0.2, 0) is 17.5 Å². The molecule has 0 spiro atoms. The number of esters is 1. The third kappa shape index (κ3) is 3.58. The van der Waals surface area contributed by atoms with Gasteiger partial charge in [-0.25, -0.2) is 9.78 Å². The Morgan fingerprint density at radius 1 is 1.24 bits per heavy atom. The molecule has 0 fully saturated rings. The molecular formula is C17H12F3NO3S. The zero-order chi connectivity index (χ0) is 18.0. The molecule has 0 unspecified atom stereocenters. The quantitative estimate of drug-likeness (QED) is 0.628. The SMILES string of the molecule is COC(=O)c1sc2ncccc2c1OCc1cccc(C(F)(F)F)c1. The summed E-state index contributed by atoms with van der Waals surface area (Å²) >= 11 is 1.11. The molecule has 8 heteroatoms. The number of aromatic nitrogens is 1. The van der Waals surface area contributed by atoms with E-state index in [1.54, 1.807) is 18.3 Å². The van der Waals surface area contributed by atoms with Crippen molar-refractivity contribution >= 4 is 27.5 Å². The predicted octanol–water partition coefficient (Wildman–Crippen LogP) is 4.68. The summed E-state index contributed by atoms with van der Waals surface area (Å²) in [6.45, 7) is -0.116. The second-order valence-electron chi connectivity index (χ2n) is 5.09. The van der Waals surface area contributed by atoms with Crippen LogP contribution in [0, 0.1) is 0 Å². The Balaban J connectivity index is 1.92. The minimum atomic E-state index is -4.42. The van der Waals surface area contributed by atoms with E-state index >= 15 is 0 Å². The molecule has 25 heavy (non-hydrogen) atoms. The smallest absolute Gasteiger partial charge is 0.416 e. The van der Waals surface area contributed by atoms with Crippen LogP contribution < -0.4 is 4.74 Å². The first kappa shape index (κ1) is 17.2. The van der Waals surface area contributed by atoms with Crippen LogP contribution in [0.25, 0.3) is 10.2 Å². The maximum Gasteiger partial charge on any atom is 0.416 e. The van der Waals surface area contributed by atoms with Crippen molar-refractivity contribution in [3.63, 3.8) is 0 Å². The molecule has 2 aromatic heterocycles. The van der Waals surface area contributed by atoms with E-state index in [9.17, 15) is 18.0 Å². The topological polar surface area (TPSA) is 48.4 Å². The second-order valence-corrected chi connectivity index (χ2v) is 6.09. The molecule has 3 rings (SSSR count). The number of hydrogen-bond acceptors (Lipinski definition) is 5. The highest BCUT2D eigenvalue weighted by atomic mass is 32.1. The molecule has 130 valence electrons. The first-order valence-corrected chi connectivity index (χ1v) is 7.96. The Labute approximate surface area is 144 Å². The highest BCUT2D eigenvalue weighted by Crippen LogP contribution is 2.37. The average Bonchev–Trinajstić information content (AvgIpc) is 2.97. The molecule has 0 aliphatic heterocycles. The summed E-state index contributed by atoms with van der Waals surface area (Å²) < 4.78 is 48.8. The summed E-state index contributed by atoms with van der Waals surface area (Å²) in [5.41, 5.74) is -0.410. The zero-order valence-electron chi connectivity index (χ0n) is 13.0. The first-order valence-electron chi connectivity index (χ1n) is 7.15. The summed E-state index contributed by atoms with van der Waals surface area (Å²) in [7, 11) is 1.25. The molecule has 4 nitrogen and oxygen atoms in total. The van der Waals surface area contributed by atoms with Crippen molar-refractivity contribution in [2.45, 2.75) is 12.8 Å². The number of alkyl halides is 3. The van der Waals surface area contributed by atoms with Crippen molar-refractivity contribution in [2.24, 2.45) is 0 Å². The van der Waals surface area contributed by atoms with E-state index in [4.69, 9.17) is 9.47 Å². The van der Waals surface area contributed by atoms with Gasteiger partial charge in [0.05, 0.1) is 18.1 Å². The molecule has 0 aliphatic carbocycles. The maximum absolute atomic E-state index is 12.8. The molecule has 1 aromatic carbocycles. The van der Waals surface area contributed by atoms with E-state index in [1.807, 2.05) is 0 Å². The van der Waals surface area contributed by atoms with E-state index in [1.165, 1.54) is 19.2 Å². The lowest BCUT2D eigenvalue weighted by molar-refractivity contribution is -0.137. The molecule has 0 atom stereocenters. The minimum absolute atomic E-state index is 0.116. The Morgan fingerprint density at radius 3 is 2.76 bits per heavy atom. The Kier molecular flexibility index (Phi) is 4.63. The molecule has 0 bridgehead atoms. The van der Waals surface area contributed by atoms with Crippen molar-refractivity contribution in [3.05, 3.63) is 58.6 Å². The Morgan fingerprint density at radius 2 is 2.04 bits per heavy atom. The lowest BCUT2D eigenvalue weighted by Crippen LogP contribution is -2.07. The highest BCUT2D eigenvalue weighted by Gasteiger charge is 2.30. The van der Waals surface area contributed by atoms with Gasteiger partial charge in [-0.05, 0) is 29.8 Å². The van der Waals surface area contributed by atoms with Gasteiger partial charge in [-0.15, -0.1) is 11.3 Å². The standard InChI is InChI=1S/C17H12F3NO3S/c1-23-16(22)14-13(12-6-3-7-21-15(12)25-14)24-9-10-4-2-5-11(8-10)17(18,19)20/h2-8H,9H2,1H3. The molecule has 0 saturated heterocycles. The van der Waals surface area contributed by atoms with Crippen molar-refractivity contribution in [1.82, 2.24) is 4.98 Å². The predicted molar refractivity (Wildman–Crippen MR) is 86.7 cm³/mol. The number of carbonyl (C=O) groups excluding carboxylic acids is 1. The number of fused-ring (bicyclic) bond motifs is 1. The van der Waals surface area contributed by atoms with Crippen LogP contribution in [0.3, 0.4) is 0 Å². The number of thiophene rings is 1. The van der Waals surface area contributed by atoms with Gasteiger partial charge in [0.15, 0.2) is 10.6 Å². The fraction of sp³-hybridized carbons (Fsp3) is 0.176. The van der Waals surface area contributed by atoms with E-state index in [0.29, 0.717) is 15.8 Å². The van der Waals surface area contributed by atoms with Gasteiger partial charge in [-0.2, -0.15) is 13.2 Å². The van der Waals surface area contributed by atoms with Crippen LogP contribution >= 0.6 is 11.3 Å². The molecule has 0 radical (unpaired) electrons. The van der Waals surface area contributed by atoms with Gasteiger partial charge in [-0.1, -0.05) is 12.1 Å². The fourth-order valence-corrected chi connectivity index (χ4v) is 3.28.